The fourth-order valence-corrected chi connectivity index (χ4v) is 12.7. The summed E-state index contributed by atoms with van der Waals surface area (Å²) < 4.78 is 0. The van der Waals surface area contributed by atoms with E-state index < -0.39 is 10.8 Å². The number of rotatable bonds is 12. The summed E-state index contributed by atoms with van der Waals surface area (Å²) in [5, 5.41) is 7.16. The van der Waals surface area contributed by atoms with Crippen LogP contribution in [0.5, 0.6) is 0 Å². The van der Waals surface area contributed by atoms with Crippen molar-refractivity contribution in [2.45, 2.75) is 66.2 Å². The number of aryl methyl sites for hydroxylation is 6. The summed E-state index contributed by atoms with van der Waals surface area (Å²) in [4.78, 5) is 5.06. The van der Waals surface area contributed by atoms with E-state index >= 15 is 0 Å². The average molecular weight is 1010 g/mol. The first-order chi connectivity index (χ1) is 37.9. The van der Waals surface area contributed by atoms with Crippen LogP contribution in [-0.2, 0) is 10.8 Å². The number of nitrogens with zero attached hydrogens (tertiary/aromatic N) is 2. The lowest BCUT2D eigenvalue weighted by Crippen LogP contribution is -2.26. The van der Waals surface area contributed by atoms with Crippen molar-refractivity contribution in [2.24, 2.45) is 0 Å². The van der Waals surface area contributed by atoms with Crippen LogP contribution in [0.15, 0.2) is 255 Å². The van der Waals surface area contributed by atoms with Crippen molar-refractivity contribution >= 4 is 66.4 Å². The molecule has 0 heterocycles. The van der Waals surface area contributed by atoms with Gasteiger partial charge in [-0.3, -0.25) is 0 Å². The zero-order valence-electron chi connectivity index (χ0n) is 46.1. The van der Waals surface area contributed by atoms with Crippen molar-refractivity contribution < 1.29 is 0 Å². The van der Waals surface area contributed by atoms with Crippen molar-refractivity contribution in [2.75, 3.05) is 9.80 Å². The van der Waals surface area contributed by atoms with Gasteiger partial charge in [-0.05, 0) is 204 Å². The fourth-order valence-electron chi connectivity index (χ4n) is 12.7. The molecule has 12 rings (SSSR count). The molecule has 0 saturated heterocycles. The van der Waals surface area contributed by atoms with Crippen molar-refractivity contribution in [3.63, 3.8) is 0 Å². The zero-order valence-corrected chi connectivity index (χ0v) is 46.1. The van der Waals surface area contributed by atoms with E-state index in [2.05, 4.69) is 320 Å². The Balaban J connectivity index is 1.13. The van der Waals surface area contributed by atoms with Crippen LogP contribution >= 0.6 is 0 Å². The third-order valence-corrected chi connectivity index (χ3v) is 16.4. The van der Waals surface area contributed by atoms with Gasteiger partial charge in [-0.1, -0.05) is 194 Å². The number of hydrogen-bond acceptors (Lipinski definition) is 2. The van der Waals surface area contributed by atoms with Gasteiger partial charge in [-0.25, -0.2) is 0 Å². The van der Waals surface area contributed by atoms with E-state index in [0.29, 0.717) is 0 Å². The Hall–Kier alpha value is -8.98. The first-order valence-electron chi connectivity index (χ1n) is 27.5. The molecule has 0 saturated carbocycles. The van der Waals surface area contributed by atoms with Gasteiger partial charge < -0.3 is 9.80 Å². The number of hydrogen-bond donors (Lipinski definition) is 0. The molecule has 2 nitrogen and oxygen atoms in total. The molecule has 0 aliphatic heterocycles. The fraction of sp³-hybridized carbons (Fsp3) is 0.132. The second-order valence-electron chi connectivity index (χ2n) is 22.2. The summed E-state index contributed by atoms with van der Waals surface area (Å²) in [5.74, 6) is 0. The second-order valence-corrected chi connectivity index (χ2v) is 22.2. The summed E-state index contributed by atoms with van der Waals surface area (Å²) in [6.07, 6.45) is 0. The van der Waals surface area contributed by atoms with Crippen molar-refractivity contribution in [1.29, 1.82) is 0 Å². The highest BCUT2D eigenvalue weighted by Crippen LogP contribution is 2.51. The lowest BCUT2D eigenvalue weighted by atomic mass is 9.70. The van der Waals surface area contributed by atoms with Crippen molar-refractivity contribution in [3.05, 3.63) is 322 Å². The monoisotopic (exact) mass is 1010 g/mol. The molecule has 0 unspecified atom stereocenters. The van der Waals surface area contributed by atoms with Gasteiger partial charge in [-0.2, -0.15) is 0 Å². The van der Waals surface area contributed by atoms with E-state index in [9.17, 15) is 0 Å². The van der Waals surface area contributed by atoms with Gasteiger partial charge >= 0.3 is 0 Å². The van der Waals surface area contributed by atoms with Gasteiger partial charge in [0.1, 0.15) is 0 Å². The van der Waals surface area contributed by atoms with Crippen LogP contribution in [0.3, 0.4) is 0 Å². The van der Waals surface area contributed by atoms with Crippen LogP contribution in [0.1, 0.15) is 80.6 Å². The van der Waals surface area contributed by atoms with E-state index in [1.165, 1.54) is 99.1 Å². The molecule has 2 heteroatoms. The minimum atomic E-state index is -0.434. The highest BCUT2D eigenvalue weighted by atomic mass is 15.2. The summed E-state index contributed by atoms with van der Waals surface area (Å²) in [5.41, 5.74) is 20.7. The highest BCUT2D eigenvalue weighted by Gasteiger charge is 2.34. The second kappa shape index (κ2) is 20.2. The van der Waals surface area contributed by atoms with Crippen LogP contribution in [-0.4, -0.2) is 0 Å². The van der Waals surface area contributed by atoms with Crippen LogP contribution in [0, 0.1) is 41.5 Å². The largest absolute Gasteiger partial charge is 0.310 e. The third kappa shape index (κ3) is 8.91. The summed E-state index contributed by atoms with van der Waals surface area (Å²) >= 11 is 0. The van der Waals surface area contributed by atoms with Gasteiger partial charge in [-0.15, -0.1) is 0 Å². The summed E-state index contributed by atoms with van der Waals surface area (Å²) in [6, 6.07) is 95.5. The smallest absolute Gasteiger partial charge is 0.0546 e. The average Bonchev–Trinajstić information content (AvgIpc) is 3.49. The Bertz CT molecular complexity index is 3790. The van der Waals surface area contributed by atoms with Gasteiger partial charge in [0.2, 0.25) is 0 Å². The van der Waals surface area contributed by atoms with Crippen LogP contribution in [0.2, 0.25) is 0 Å². The minimum absolute atomic E-state index is 0.434. The molecule has 0 spiro atoms. The van der Waals surface area contributed by atoms with E-state index in [1.54, 1.807) is 0 Å². The Morgan fingerprint density at radius 2 is 0.462 bits per heavy atom. The molecule has 12 aromatic carbocycles. The molecule has 0 aromatic heterocycles. The minimum Gasteiger partial charge on any atom is -0.310 e. The lowest BCUT2D eigenvalue weighted by Gasteiger charge is -2.35. The summed E-state index contributed by atoms with van der Waals surface area (Å²) in [6.45, 7) is 18.1. The van der Waals surface area contributed by atoms with Gasteiger partial charge in [0, 0.05) is 44.4 Å². The van der Waals surface area contributed by atoms with Crippen molar-refractivity contribution in [3.8, 4) is 0 Å². The number of anilines is 6. The topological polar surface area (TPSA) is 6.48 Å². The third-order valence-electron chi connectivity index (χ3n) is 16.4. The van der Waals surface area contributed by atoms with Crippen LogP contribution < -0.4 is 9.80 Å². The van der Waals surface area contributed by atoms with E-state index in [4.69, 9.17) is 0 Å². The van der Waals surface area contributed by atoms with Gasteiger partial charge in [0.15, 0.2) is 0 Å². The molecule has 78 heavy (non-hydrogen) atoms. The van der Waals surface area contributed by atoms with E-state index in [0.717, 1.165) is 34.1 Å². The molecular formula is C76H66N2. The maximum atomic E-state index is 2.53. The van der Waals surface area contributed by atoms with E-state index in [-0.39, 0.29) is 0 Å². The normalized spacial score (nSPS) is 11.8. The molecule has 0 N–H and O–H groups in total. The quantitative estimate of drug-likeness (QED) is 0.0889. The maximum Gasteiger partial charge on any atom is 0.0546 e. The Labute approximate surface area is 461 Å². The lowest BCUT2D eigenvalue weighted by molar-refractivity contribution is 0.692. The highest BCUT2D eigenvalue weighted by molar-refractivity contribution is 6.24. The maximum absolute atomic E-state index is 2.53. The van der Waals surface area contributed by atoms with Crippen LogP contribution in [0.25, 0.3) is 32.3 Å². The standard InChI is InChI=1S/C76H66N2/c1-51-37-52(2)42-63(41-51)77(65-45-55(5)39-61(47-65)75(7,57-25-13-9-14-26-57)58-27-15-10-16-28-58)73-49-71-68-34-22-24-36-70(68)74(50-72(71)67-33-21-23-35-69(67)73)78(64-43-53(3)38-54(4)44-64)66-46-56(6)40-62(48-66)76(8,59-29-17-11-18-30-59)60-31-19-12-20-32-60/h9-50H,1-8H3. The Morgan fingerprint density at radius 3 is 0.756 bits per heavy atom. The molecule has 12 aromatic rings. The van der Waals surface area contributed by atoms with Crippen molar-refractivity contribution in [1.82, 2.24) is 0 Å². The Morgan fingerprint density at radius 1 is 0.218 bits per heavy atom. The molecule has 0 radical (unpaired) electrons. The first kappa shape index (κ1) is 49.9. The molecule has 0 aliphatic carbocycles. The Kier molecular flexibility index (Phi) is 12.9. The molecule has 0 amide bonds. The molecular weight excluding hydrogens is 941 g/mol. The summed E-state index contributed by atoms with van der Waals surface area (Å²) in [7, 11) is 0. The molecule has 0 aliphatic rings. The SMILES string of the molecule is Cc1cc(C)cc(N(c2cc(C)cc(C(C)(c3ccccc3)c3ccccc3)c2)c2cc3c4ccccc4c(N(c4cc(C)cc(C)c4)c4cc(C)cc(C(C)(c5ccccc5)c5ccccc5)c4)cc3c3ccccc23)c1. The van der Waals surface area contributed by atoms with E-state index in [1.807, 2.05) is 0 Å². The first-order valence-corrected chi connectivity index (χ1v) is 27.5. The zero-order chi connectivity index (χ0) is 53.7. The van der Waals surface area contributed by atoms with Gasteiger partial charge in [0.05, 0.1) is 11.4 Å². The van der Waals surface area contributed by atoms with Crippen LogP contribution in [0.4, 0.5) is 34.1 Å². The molecule has 0 fully saturated rings. The molecule has 0 bridgehead atoms. The molecule has 0 atom stereocenters. The predicted molar refractivity (Wildman–Crippen MR) is 334 cm³/mol. The number of fused-ring (bicyclic) bond motifs is 5. The predicted octanol–water partition coefficient (Wildman–Crippen LogP) is 20.6. The molecule has 380 valence electrons. The van der Waals surface area contributed by atoms with Gasteiger partial charge in [0.25, 0.3) is 0 Å². The number of benzene rings is 12.